The van der Waals surface area contributed by atoms with Gasteiger partial charge in [-0.05, 0) is 18.9 Å². The van der Waals surface area contributed by atoms with Crippen LogP contribution >= 0.6 is 0 Å². The highest BCUT2D eigenvalue weighted by Gasteiger charge is 2.54. The maximum Gasteiger partial charge on any atom is 0.322 e. The lowest BCUT2D eigenvalue weighted by Gasteiger charge is -2.41. The number of hydrogen-bond acceptors (Lipinski definition) is 4. The summed E-state index contributed by atoms with van der Waals surface area (Å²) in [4.78, 5) is 24.4. The van der Waals surface area contributed by atoms with Crippen LogP contribution in [0.1, 0.15) is 24.8 Å². The molecule has 4 rings (SSSR count). The summed E-state index contributed by atoms with van der Waals surface area (Å²) in [6, 6.07) is 5.33. The van der Waals surface area contributed by atoms with E-state index in [-0.39, 0.29) is 17.9 Å². The number of carbonyl (C=O) groups excluding carboxylic acids is 2. The molecule has 3 atom stereocenters. The number of rotatable bonds is 1. The molecule has 0 bridgehead atoms. The molecule has 1 aromatic carbocycles. The maximum atomic E-state index is 12.6. The van der Waals surface area contributed by atoms with Crippen molar-refractivity contribution < 1.29 is 19.1 Å². The Labute approximate surface area is 135 Å². The van der Waals surface area contributed by atoms with Crippen molar-refractivity contribution in [3.8, 4) is 5.75 Å². The lowest BCUT2D eigenvalue weighted by Crippen LogP contribution is -2.53. The van der Waals surface area contributed by atoms with E-state index in [0.29, 0.717) is 18.8 Å². The zero-order valence-corrected chi connectivity index (χ0v) is 13.1. The predicted molar refractivity (Wildman–Crippen MR) is 85.5 cm³/mol. The minimum atomic E-state index is -1.03. The second-order valence-corrected chi connectivity index (χ2v) is 6.65. The fourth-order valence-corrected chi connectivity index (χ4v) is 3.84. The first-order valence-corrected chi connectivity index (χ1v) is 8.08. The molecule has 3 amide bonds. The highest BCUT2D eigenvalue weighted by Crippen LogP contribution is 2.43. The van der Waals surface area contributed by atoms with E-state index in [4.69, 9.17) is 9.47 Å². The molecule has 3 heterocycles. The van der Waals surface area contributed by atoms with E-state index in [1.165, 1.54) is 0 Å². The fourth-order valence-electron chi connectivity index (χ4n) is 3.84. The van der Waals surface area contributed by atoms with Gasteiger partial charge in [-0.1, -0.05) is 17.6 Å². The Morgan fingerprint density at radius 1 is 1.30 bits per heavy atom. The van der Waals surface area contributed by atoms with E-state index in [2.05, 4.69) is 10.6 Å². The van der Waals surface area contributed by atoms with E-state index in [9.17, 15) is 9.59 Å². The molecule has 0 aliphatic carbocycles. The van der Waals surface area contributed by atoms with Gasteiger partial charge in [0.1, 0.15) is 19.7 Å². The van der Waals surface area contributed by atoms with Gasteiger partial charge in [-0.25, -0.2) is 4.79 Å². The van der Waals surface area contributed by atoms with Crippen LogP contribution in [0.15, 0.2) is 18.2 Å². The minimum Gasteiger partial charge on any atom is -0.490 e. The molecule has 3 aliphatic rings. The number of amides is 3. The number of imide groups is 1. The van der Waals surface area contributed by atoms with Gasteiger partial charge < -0.3 is 14.8 Å². The lowest BCUT2D eigenvalue weighted by molar-refractivity contribution is -0.127. The maximum absolute atomic E-state index is 12.6. The van der Waals surface area contributed by atoms with Gasteiger partial charge >= 0.3 is 6.03 Å². The first-order chi connectivity index (χ1) is 11.1. The minimum absolute atomic E-state index is 0.144. The zero-order chi connectivity index (χ0) is 16.0. The number of urea groups is 1. The molecular weight excluding hydrogens is 295 g/mol. The molecular formula is C16H19BN2O4. The summed E-state index contributed by atoms with van der Waals surface area (Å²) in [5, 5.41) is 5.24. The van der Waals surface area contributed by atoms with Crippen LogP contribution in [0, 0.1) is 5.92 Å². The molecule has 0 aromatic heterocycles. The smallest absolute Gasteiger partial charge is 0.322 e. The van der Waals surface area contributed by atoms with Crippen molar-refractivity contribution in [2.24, 2.45) is 5.92 Å². The van der Waals surface area contributed by atoms with Gasteiger partial charge in [0.15, 0.2) is 5.54 Å². The van der Waals surface area contributed by atoms with Crippen LogP contribution in [0.2, 0.25) is 0 Å². The summed E-state index contributed by atoms with van der Waals surface area (Å²) in [5.41, 5.74) is 0.743. The Morgan fingerprint density at radius 3 is 2.87 bits per heavy atom. The summed E-state index contributed by atoms with van der Waals surface area (Å²) < 4.78 is 11.8. The van der Waals surface area contributed by atoms with Gasteiger partial charge in [0, 0.05) is 24.5 Å². The summed E-state index contributed by atoms with van der Waals surface area (Å²) in [7, 11) is 1.96. The third-order valence-electron chi connectivity index (χ3n) is 5.04. The Bertz CT molecular complexity index is 674. The molecule has 3 unspecified atom stereocenters. The summed E-state index contributed by atoms with van der Waals surface area (Å²) in [6.45, 7) is 1.42. The standard InChI is InChI=1S/C16H19BN2O4/c17-10-3-4-12-11(6-10)16(14(20)18-15(21)19-16)7-13(23-12)9-2-1-5-22-8-9/h3-4,6,9,13H,1-2,5,7-8,17H2,(H2,18,19,20,21). The number of hydrogen-bond donors (Lipinski definition) is 2. The third kappa shape index (κ3) is 2.30. The topological polar surface area (TPSA) is 76.7 Å². The average molecular weight is 314 g/mol. The van der Waals surface area contributed by atoms with E-state index in [1.54, 1.807) is 0 Å². The van der Waals surface area contributed by atoms with Crippen molar-refractivity contribution in [3.63, 3.8) is 0 Å². The highest BCUT2D eigenvalue weighted by atomic mass is 16.5. The van der Waals surface area contributed by atoms with Crippen LogP contribution in [-0.4, -0.2) is 39.1 Å². The van der Waals surface area contributed by atoms with E-state index in [1.807, 2.05) is 26.0 Å². The molecule has 2 N–H and O–H groups in total. The third-order valence-corrected chi connectivity index (χ3v) is 5.04. The highest BCUT2D eigenvalue weighted by molar-refractivity contribution is 6.32. The molecule has 7 heteroatoms. The number of benzene rings is 1. The van der Waals surface area contributed by atoms with Gasteiger partial charge in [0.05, 0.1) is 6.61 Å². The average Bonchev–Trinajstić information content (AvgIpc) is 2.83. The van der Waals surface area contributed by atoms with Crippen molar-refractivity contribution in [3.05, 3.63) is 23.8 Å². The largest absolute Gasteiger partial charge is 0.490 e. The summed E-state index contributed by atoms with van der Waals surface area (Å²) in [5.74, 6) is 0.620. The molecule has 3 aliphatic heterocycles. The normalized spacial score (nSPS) is 32.9. The van der Waals surface area contributed by atoms with Crippen molar-refractivity contribution in [2.45, 2.75) is 30.9 Å². The van der Waals surface area contributed by atoms with E-state index >= 15 is 0 Å². The summed E-state index contributed by atoms with van der Waals surface area (Å²) in [6.07, 6.45) is 2.30. The molecule has 1 spiro atoms. The van der Waals surface area contributed by atoms with Crippen LogP contribution < -0.4 is 20.8 Å². The SMILES string of the molecule is Bc1ccc2c(c1)C1(CC(C3CCCOC3)O2)NC(=O)NC1=O. The second-order valence-electron chi connectivity index (χ2n) is 6.65. The number of nitrogens with one attached hydrogen (secondary N) is 2. The molecule has 23 heavy (non-hydrogen) atoms. The molecule has 120 valence electrons. The van der Waals surface area contributed by atoms with Gasteiger partial charge in [0.2, 0.25) is 0 Å². The monoisotopic (exact) mass is 314 g/mol. The van der Waals surface area contributed by atoms with Crippen molar-refractivity contribution in [2.75, 3.05) is 13.2 Å². The van der Waals surface area contributed by atoms with Gasteiger partial charge in [-0.2, -0.15) is 0 Å². The van der Waals surface area contributed by atoms with Crippen LogP contribution in [0.3, 0.4) is 0 Å². The van der Waals surface area contributed by atoms with Crippen LogP contribution in [0.25, 0.3) is 0 Å². The second kappa shape index (κ2) is 5.27. The first-order valence-electron chi connectivity index (χ1n) is 8.08. The Kier molecular flexibility index (Phi) is 3.34. The lowest BCUT2D eigenvalue weighted by atomic mass is 9.76. The quantitative estimate of drug-likeness (QED) is 0.544. The van der Waals surface area contributed by atoms with Crippen molar-refractivity contribution in [1.29, 1.82) is 0 Å². The molecule has 0 saturated carbocycles. The predicted octanol–water partition coefficient (Wildman–Crippen LogP) is -0.443. The van der Waals surface area contributed by atoms with E-state index < -0.39 is 11.6 Å². The Morgan fingerprint density at radius 2 is 2.17 bits per heavy atom. The molecule has 1 aromatic rings. The number of carbonyl (C=O) groups is 2. The van der Waals surface area contributed by atoms with Gasteiger partial charge in [0.25, 0.3) is 5.91 Å². The molecule has 0 radical (unpaired) electrons. The van der Waals surface area contributed by atoms with Crippen LogP contribution in [0.4, 0.5) is 4.79 Å². The Balaban J connectivity index is 1.76. The van der Waals surface area contributed by atoms with Gasteiger partial charge in [-0.3, -0.25) is 10.1 Å². The first kappa shape index (κ1) is 14.6. The molecule has 2 fully saturated rings. The molecule has 6 nitrogen and oxygen atoms in total. The summed E-state index contributed by atoms with van der Waals surface area (Å²) >= 11 is 0. The van der Waals surface area contributed by atoms with Crippen LogP contribution in [0.5, 0.6) is 5.75 Å². The van der Waals surface area contributed by atoms with E-state index in [0.717, 1.165) is 30.5 Å². The van der Waals surface area contributed by atoms with Crippen molar-refractivity contribution in [1.82, 2.24) is 10.6 Å². The Hall–Kier alpha value is -2.02. The number of ether oxygens (including phenoxy) is 2. The van der Waals surface area contributed by atoms with Crippen LogP contribution in [-0.2, 0) is 15.1 Å². The molecule has 2 saturated heterocycles. The zero-order valence-electron chi connectivity index (χ0n) is 13.1. The fraction of sp³-hybridized carbons (Fsp3) is 0.500. The van der Waals surface area contributed by atoms with Gasteiger partial charge in [-0.15, -0.1) is 0 Å². The number of fused-ring (bicyclic) bond motifs is 2. The van der Waals surface area contributed by atoms with Crippen molar-refractivity contribution >= 4 is 25.2 Å².